The molecule has 0 atom stereocenters. The molecule has 0 saturated heterocycles. The highest BCUT2D eigenvalue weighted by atomic mass is 16.3. The van der Waals surface area contributed by atoms with Crippen molar-refractivity contribution in [1.29, 1.82) is 0 Å². The monoisotopic (exact) mass is 777 g/mol. The highest BCUT2D eigenvalue weighted by Gasteiger charge is 2.46. The first-order valence-corrected chi connectivity index (χ1v) is 21.0. The van der Waals surface area contributed by atoms with Gasteiger partial charge in [-0.2, -0.15) is 0 Å². The fourth-order valence-corrected chi connectivity index (χ4v) is 9.98. The molecule has 2 nitrogen and oxygen atoms in total. The van der Waals surface area contributed by atoms with Crippen LogP contribution < -0.4 is 4.90 Å². The molecule has 286 valence electrons. The number of hydrogen-bond acceptors (Lipinski definition) is 2. The van der Waals surface area contributed by atoms with Crippen LogP contribution in [0.5, 0.6) is 0 Å². The molecule has 1 heterocycles. The van der Waals surface area contributed by atoms with Crippen LogP contribution >= 0.6 is 0 Å². The number of fused-ring (bicyclic) bond motifs is 8. The van der Waals surface area contributed by atoms with E-state index in [-0.39, 0.29) is 0 Å². The third-order valence-electron chi connectivity index (χ3n) is 12.8. The van der Waals surface area contributed by atoms with Crippen LogP contribution in [0.4, 0.5) is 17.1 Å². The van der Waals surface area contributed by atoms with Crippen molar-refractivity contribution in [2.75, 3.05) is 4.90 Å². The van der Waals surface area contributed by atoms with Crippen LogP contribution in [0.25, 0.3) is 66.1 Å². The van der Waals surface area contributed by atoms with Gasteiger partial charge in [-0.25, -0.2) is 0 Å². The summed E-state index contributed by atoms with van der Waals surface area (Å²) in [7, 11) is 0. The molecule has 12 rings (SSSR count). The molecule has 1 aliphatic carbocycles. The van der Waals surface area contributed by atoms with Gasteiger partial charge in [0, 0.05) is 27.8 Å². The van der Waals surface area contributed by atoms with E-state index < -0.39 is 5.41 Å². The molecular formula is C59H39NO. The molecule has 0 aliphatic heterocycles. The molecule has 10 aromatic carbocycles. The first-order valence-electron chi connectivity index (χ1n) is 21.0. The highest BCUT2D eigenvalue weighted by Crippen LogP contribution is 2.57. The van der Waals surface area contributed by atoms with E-state index in [2.05, 4.69) is 241 Å². The highest BCUT2D eigenvalue weighted by molar-refractivity contribution is 6.19. The number of anilines is 3. The smallest absolute Gasteiger partial charge is 0.136 e. The molecule has 2 heteroatoms. The van der Waals surface area contributed by atoms with Crippen LogP contribution in [-0.2, 0) is 5.41 Å². The largest absolute Gasteiger partial charge is 0.456 e. The maximum atomic E-state index is 6.29. The zero-order chi connectivity index (χ0) is 40.3. The second-order valence-electron chi connectivity index (χ2n) is 16.0. The van der Waals surface area contributed by atoms with Gasteiger partial charge in [-0.05, 0) is 121 Å². The summed E-state index contributed by atoms with van der Waals surface area (Å²) in [6, 6.07) is 86.0. The molecule has 11 aromatic rings. The van der Waals surface area contributed by atoms with Gasteiger partial charge >= 0.3 is 0 Å². The maximum Gasteiger partial charge on any atom is 0.136 e. The van der Waals surface area contributed by atoms with E-state index in [0.717, 1.165) is 33.6 Å². The van der Waals surface area contributed by atoms with E-state index in [1.54, 1.807) is 0 Å². The van der Waals surface area contributed by atoms with Gasteiger partial charge in [-0.15, -0.1) is 0 Å². The van der Waals surface area contributed by atoms with Crippen molar-refractivity contribution < 1.29 is 4.42 Å². The zero-order valence-corrected chi connectivity index (χ0v) is 33.4. The van der Waals surface area contributed by atoms with Gasteiger partial charge in [-0.3, -0.25) is 0 Å². The number of hydrogen-bond donors (Lipinski definition) is 0. The minimum absolute atomic E-state index is 0.477. The lowest BCUT2D eigenvalue weighted by Crippen LogP contribution is -2.28. The van der Waals surface area contributed by atoms with Crippen LogP contribution in [0, 0.1) is 0 Å². The molecular weight excluding hydrogens is 739 g/mol. The summed E-state index contributed by atoms with van der Waals surface area (Å²) in [6.45, 7) is 0. The first-order chi connectivity index (χ1) is 30.2. The Hall–Kier alpha value is -7.94. The second kappa shape index (κ2) is 14.1. The van der Waals surface area contributed by atoms with Crippen LogP contribution in [0.2, 0.25) is 0 Å². The lowest BCUT2D eigenvalue weighted by atomic mass is 9.67. The van der Waals surface area contributed by atoms with Gasteiger partial charge in [0.2, 0.25) is 0 Å². The fourth-order valence-electron chi connectivity index (χ4n) is 9.98. The Kier molecular flexibility index (Phi) is 8.11. The molecule has 0 fully saturated rings. The molecule has 0 spiro atoms. The predicted molar refractivity (Wildman–Crippen MR) is 254 cm³/mol. The quantitative estimate of drug-likeness (QED) is 0.160. The summed E-state index contributed by atoms with van der Waals surface area (Å²) in [6.07, 6.45) is 0. The minimum atomic E-state index is -0.477. The van der Waals surface area contributed by atoms with E-state index in [0.29, 0.717) is 0 Å². The van der Waals surface area contributed by atoms with Crippen LogP contribution in [0.15, 0.2) is 241 Å². The Morgan fingerprint density at radius 1 is 0.328 bits per heavy atom. The summed E-state index contributed by atoms with van der Waals surface area (Å²) >= 11 is 0. The topological polar surface area (TPSA) is 16.4 Å². The minimum Gasteiger partial charge on any atom is -0.456 e. The van der Waals surface area contributed by atoms with E-state index in [1.807, 2.05) is 0 Å². The van der Waals surface area contributed by atoms with Crippen LogP contribution in [-0.4, -0.2) is 0 Å². The van der Waals surface area contributed by atoms with Gasteiger partial charge in [0.25, 0.3) is 0 Å². The Morgan fingerprint density at radius 3 is 1.57 bits per heavy atom. The average molecular weight is 778 g/mol. The first kappa shape index (κ1) is 35.0. The standard InChI is InChI=1S/C59H39NO/c1-4-15-45(16-5-1)59(46-17-6-2-7-18-46)54-23-13-12-22-51(54)52-35-34-49(39-55(52)59)60(47-19-8-3-9-20-47)48-32-28-41(29-33-48)40-24-26-42(27-25-40)44-31-36-56-53(38-44)58-50-21-11-10-14-43(50)30-37-57(58)61-56/h1-39H. The third kappa shape index (κ3) is 5.57. The van der Waals surface area contributed by atoms with Crippen molar-refractivity contribution in [3.8, 4) is 33.4 Å². The molecule has 1 aliphatic rings. The zero-order valence-electron chi connectivity index (χ0n) is 33.4. The van der Waals surface area contributed by atoms with Crippen molar-refractivity contribution in [2.45, 2.75) is 5.41 Å². The van der Waals surface area contributed by atoms with Crippen LogP contribution in [0.3, 0.4) is 0 Å². The SMILES string of the molecule is c1ccc(N(c2ccc(-c3ccc(-c4ccc5oc6ccc7ccccc7c6c5c4)cc3)cc2)c2ccc3c(c2)C(c2ccccc2)(c2ccccc2)c2ccccc2-3)cc1. The lowest BCUT2D eigenvalue weighted by molar-refractivity contribution is 0.669. The number of benzene rings is 10. The van der Waals surface area contributed by atoms with Crippen LogP contribution in [0.1, 0.15) is 22.3 Å². The molecule has 1 aromatic heterocycles. The summed E-state index contributed by atoms with van der Waals surface area (Å²) in [5, 5.41) is 4.75. The number of para-hydroxylation sites is 1. The number of rotatable bonds is 7. The summed E-state index contributed by atoms with van der Waals surface area (Å²) in [5.41, 5.74) is 17.0. The molecule has 61 heavy (non-hydrogen) atoms. The average Bonchev–Trinajstić information content (AvgIpc) is 3.86. The van der Waals surface area contributed by atoms with Gasteiger partial charge in [0.1, 0.15) is 11.2 Å². The van der Waals surface area contributed by atoms with Gasteiger partial charge in [0.15, 0.2) is 0 Å². The van der Waals surface area contributed by atoms with E-state index >= 15 is 0 Å². The molecule has 0 radical (unpaired) electrons. The fraction of sp³-hybridized carbons (Fsp3) is 0.0169. The van der Waals surface area contributed by atoms with E-state index in [9.17, 15) is 0 Å². The van der Waals surface area contributed by atoms with E-state index in [4.69, 9.17) is 4.42 Å². The Balaban J connectivity index is 0.925. The van der Waals surface area contributed by atoms with E-state index in [1.165, 1.54) is 71.8 Å². The molecule has 0 N–H and O–H groups in total. The Bertz CT molecular complexity index is 3350. The van der Waals surface area contributed by atoms with Crippen molar-refractivity contribution in [3.05, 3.63) is 259 Å². The number of nitrogens with zero attached hydrogens (tertiary/aromatic N) is 1. The van der Waals surface area contributed by atoms with Gasteiger partial charge < -0.3 is 9.32 Å². The lowest BCUT2D eigenvalue weighted by Gasteiger charge is -2.35. The summed E-state index contributed by atoms with van der Waals surface area (Å²) < 4.78 is 6.29. The molecule has 0 amide bonds. The third-order valence-corrected chi connectivity index (χ3v) is 12.8. The van der Waals surface area contributed by atoms with Crippen molar-refractivity contribution in [3.63, 3.8) is 0 Å². The molecule has 0 unspecified atom stereocenters. The summed E-state index contributed by atoms with van der Waals surface area (Å²) in [4.78, 5) is 2.38. The molecule has 0 saturated carbocycles. The normalized spacial score (nSPS) is 12.7. The number of furan rings is 1. The van der Waals surface area contributed by atoms with Crippen molar-refractivity contribution >= 4 is 49.8 Å². The predicted octanol–water partition coefficient (Wildman–Crippen LogP) is 15.9. The molecule has 0 bridgehead atoms. The van der Waals surface area contributed by atoms with Crippen molar-refractivity contribution in [2.24, 2.45) is 0 Å². The van der Waals surface area contributed by atoms with Gasteiger partial charge in [0.05, 0.1) is 5.41 Å². The summed E-state index contributed by atoms with van der Waals surface area (Å²) in [5.74, 6) is 0. The Morgan fingerprint density at radius 2 is 0.852 bits per heavy atom. The maximum absolute atomic E-state index is 6.29. The van der Waals surface area contributed by atoms with Gasteiger partial charge in [-0.1, -0.05) is 182 Å². The Labute approximate surface area is 355 Å². The van der Waals surface area contributed by atoms with Crippen molar-refractivity contribution in [1.82, 2.24) is 0 Å². The second-order valence-corrected chi connectivity index (χ2v) is 16.0.